The van der Waals surface area contributed by atoms with Crippen LogP contribution in [0.1, 0.15) is 18.9 Å². The predicted octanol–water partition coefficient (Wildman–Crippen LogP) is 1.78. The second-order valence-electron chi connectivity index (χ2n) is 5.25. The van der Waals surface area contributed by atoms with Crippen LogP contribution >= 0.6 is 12.2 Å². The van der Waals surface area contributed by atoms with Gasteiger partial charge in [-0.2, -0.15) is 0 Å². The van der Waals surface area contributed by atoms with Crippen LogP contribution in [0.2, 0.25) is 0 Å². The van der Waals surface area contributed by atoms with Crippen molar-refractivity contribution >= 4 is 28.9 Å². The van der Waals surface area contributed by atoms with Crippen molar-refractivity contribution in [2.24, 2.45) is 0 Å². The lowest BCUT2D eigenvalue weighted by molar-refractivity contribution is -0.134. The highest BCUT2D eigenvalue weighted by atomic mass is 32.1. The number of carbonyl (C=O) groups excluding carboxylic acids is 1. The van der Waals surface area contributed by atoms with Gasteiger partial charge in [-0.05, 0) is 36.3 Å². The second-order valence-corrected chi connectivity index (χ2v) is 5.66. The summed E-state index contributed by atoms with van der Waals surface area (Å²) in [5.41, 5.74) is 1.94. The summed E-state index contributed by atoms with van der Waals surface area (Å²) < 4.78 is 5.26. The Bertz CT molecular complexity index is 499. The number of hydrogen-bond acceptors (Lipinski definition) is 3. The number of carbonyl (C=O) groups is 1. The molecule has 5 nitrogen and oxygen atoms in total. The van der Waals surface area contributed by atoms with Crippen LogP contribution < -0.4 is 10.6 Å². The first-order valence-corrected chi connectivity index (χ1v) is 8.09. The Morgan fingerprint density at radius 1 is 1.27 bits per heavy atom. The minimum absolute atomic E-state index is 0.157. The third-order valence-corrected chi connectivity index (χ3v) is 3.71. The summed E-state index contributed by atoms with van der Waals surface area (Å²) in [6.45, 7) is 5.60. The zero-order valence-electron chi connectivity index (χ0n) is 12.9. The zero-order chi connectivity index (χ0) is 15.8. The van der Waals surface area contributed by atoms with Crippen molar-refractivity contribution in [3.8, 4) is 0 Å². The number of anilines is 1. The van der Waals surface area contributed by atoms with E-state index in [2.05, 4.69) is 17.6 Å². The molecule has 0 radical (unpaired) electrons. The monoisotopic (exact) mass is 321 g/mol. The van der Waals surface area contributed by atoms with Gasteiger partial charge in [-0.3, -0.25) is 4.79 Å². The molecule has 0 atom stereocenters. The minimum atomic E-state index is 0.157. The lowest BCUT2D eigenvalue weighted by atomic mass is 10.1. The van der Waals surface area contributed by atoms with E-state index in [1.807, 2.05) is 29.2 Å². The zero-order valence-corrected chi connectivity index (χ0v) is 13.7. The van der Waals surface area contributed by atoms with E-state index >= 15 is 0 Å². The average molecular weight is 321 g/mol. The maximum Gasteiger partial charge on any atom is 0.227 e. The topological polar surface area (TPSA) is 53.6 Å². The number of amides is 1. The molecule has 1 heterocycles. The molecular weight excluding hydrogens is 298 g/mol. The maximum absolute atomic E-state index is 12.2. The van der Waals surface area contributed by atoms with Gasteiger partial charge in [0.25, 0.3) is 0 Å². The van der Waals surface area contributed by atoms with Gasteiger partial charge in [0.2, 0.25) is 5.91 Å². The Kier molecular flexibility index (Phi) is 6.61. The lowest BCUT2D eigenvalue weighted by Crippen LogP contribution is -2.41. The third kappa shape index (κ3) is 5.27. The van der Waals surface area contributed by atoms with Crippen LogP contribution in [0, 0.1) is 0 Å². The van der Waals surface area contributed by atoms with Crippen LogP contribution in [-0.4, -0.2) is 48.8 Å². The summed E-state index contributed by atoms with van der Waals surface area (Å²) in [6.07, 6.45) is 1.46. The number of benzene rings is 1. The summed E-state index contributed by atoms with van der Waals surface area (Å²) in [4.78, 5) is 14.0. The van der Waals surface area contributed by atoms with Crippen LogP contribution in [0.5, 0.6) is 0 Å². The van der Waals surface area contributed by atoms with Crippen molar-refractivity contribution in [1.82, 2.24) is 10.2 Å². The summed E-state index contributed by atoms with van der Waals surface area (Å²) >= 11 is 5.19. The fourth-order valence-electron chi connectivity index (χ4n) is 2.22. The highest BCUT2D eigenvalue weighted by molar-refractivity contribution is 7.80. The number of hydrogen-bond donors (Lipinski definition) is 2. The van der Waals surface area contributed by atoms with Crippen LogP contribution in [-0.2, 0) is 16.0 Å². The molecule has 0 aromatic heterocycles. The first kappa shape index (κ1) is 16.7. The highest BCUT2D eigenvalue weighted by Crippen LogP contribution is 2.11. The van der Waals surface area contributed by atoms with Gasteiger partial charge >= 0.3 is 0 Å². The number of rotatable bonds is 5. The highest BCUT2D eigenvalue weighted by Gasteiger charge is 2.16. The van der Waals surface area contributed by atoms with E-state index in [0.29, 0.717) is 37.8 Å². The van der Waals surface area contributed by atoms with E-state index in [1.54, 1.807) is 0 Å². The first-order chi connectivity index (χ1) is 10.7. The Labute approximate surface area is 137 Å². The predicted molar refractivity (Wildman–Crippen MR) is 92.1 cm³/mol. The van der Waals surface area contributed by atoms with Gasteiger partial charge in [0.05, 0.1) is 19.6 Å². The standard InChI is InChI=1S/C16H23N3O2S/c1-2-7-17-16(22)18-14-5-3-13(4-6-14)12-15(20)19-8-10-21-11-9-19/h3-6H,2,7-12H2,1H3,(H2,17,18,22). The van der Waals surface area contributed by atoms with Crippen molar-refractivity contribution in [1.29, 1.82) is 0 Å². The molecule has 1 aromatic carbocycles. The molecule has 1 saturated heterocycles. The van der Waals surface area contributed by atoms with Gasteiger partial charge in [-0.25, -0.2) is 0 Å². The molecule has 0 aliphatic carbocycles. The molecule has 6 heteroatoms. The van der Waals surface area contributed by atoms with Gasteiger partial charge in [0.15, 0.2) is 5.11 Å². The maximum atomic E-state index is 12.2. The normalized spacial score (nSPS) is 14.5. The summed E-state index contributed by atoms with van der Waals surface area (Å²) in [7, 11) is 0. The molecule has 1 aliphatic rings. The Hall–Kier alpha value is -1.66. The Balaban J connectivity index is 1.83. The van der Waals surface area contributed by atoms with Crippen molar-refractivity contribution in [3.63, 3.8) is 0 Å². The summed E-state index contributed by atoms with van der Waals surface area (Å²) in [5, 5.41) is 6.87. The number of nitrogens with one attached hydrogen (secondary N) is 2. The van der Waals surface area contributed by atoms with Crippen LogP contribution in [0.4, 0.5) is 5.69 Å². The molecule has 0 unspecified atom stereocenters. The van der Waals surface area contributed by atoms with Crippen molar-refractivity contribution < 1.29 is 9.53 Å². The van der Waals surface area contributed by atoms with E-state index in [0.717, 1.165) is 24.2 Å². The van der Waals surface area contributed by atoms with Crippen LogP contribution in [0.15, 0.2) is 24.3 Å². The molecule has 120 valence electrons. The van der Waals surface area contributed by atoms with E-state index < -0.39 is 0 Å². The molecule has 1 amide bonds. The minimum Gasteiger partial charge on any atom is -0.378 e. The summed E-state index contributed by atoms with van der Waals surface area (Å²) in [6, 6.07) is 7.82. The van der Waals surface area contributed by atoms with Gasteiger partial charge in [0, 0.05) is 25.3 Å². The number of ether oxygens (including phenoxy) is 1. The quantitative estimate of drug-likeness (QED) is 0.810. The van der Waals surface area contributed by atoms with E-state index in [-0.39, 0.29) is 5.91 Å². The number of morpholine rings is 1. The van der Waals surface area contributed by atoms with Crippen molar-refractivity contribution in [2.75, 3.05) is 38.2 Å². The van der Waals surface area contributed by atoms with Gasteiger partial charge in [-0.15, -0.1) is 0 Å². The third-order valence-electron chi connectivity index (χ3n) is 3.47. The molecule has 22 heavy (non-hydrogen) atoms. The molecule has 1 aliphatic heterocycles. The Morgan fingerprint density at radius 3 is 2.59 bits per heavy atom. The second kappa shape index (κ2) is 8.70. The van der Waals surface area contributed by atoms with Gasteiger partial charge < -0.3 is 20.3 Å². The smallest absolute Gasteiger partial charge is 0.227 e. The molecule has 2 N–H and O–H groups in total. The van der Waals surface area contributed by atoms with Crippen molar-refractivity contribution in [3.05, 3.63) is 29.8 Å². The van der Waals surface area contributed by atoms with E-state index in [1.165, 1.54) is 0 Å². The van der Waals surface area contributed by atoms with Crippen molar-refractivity contribution in [2.45, 2.75) is 19.8 Å². The van der Waals surface area contributed by atoms with Crippen LogP contribution in [0.3, 0.4) is 0 Å². The number of nitrogens with zero attached hydrogens (tertiary/aromatic N) is 1. The Morgan fingerprint density at radius 2 is 1.95 bits per heavy atom. The first-order valence-electron chi connectivity index (χ1n) is 7.68. The van der Waals surface area contributed by atoms with Gasteiger partial charge in [-0.1, -0.05) is 19.1 Å². The number of thiocarbonyl (C=S) groups is 1. The van der Waals surface area contributed by atoms with Gasteiger partial charge in [0.1, 0.15) is 0 Å². The molecule has 1 aromatic rings. The van der Waals surface area contributed by atoms with Crippen LogP contribution in [0.25, 0.3) is 0 Å². The van der Waals surface area contributed by atoms with E-state index in [9.17, 15) is 4.79 Å². The summed E-state index contributed by atoms with van der Waals surface area (Å²) in [5.74, 6) is 0.157. The fourth-order valence-corrected chi connectivity index (χ4v) is 2.44. The molecule has 0 spiro atoms. The SMILES string of the molecule is CCCNC(=S)Nc1ccc(CC(=O)N2CCOCC2)cc1. The largest absolute Gasteiger partial charge is 0.378 e. The molecule has 1 fully saturated rings. The molecular formula is C16H23N3O2S. The fraction of sp³-hybridized carbons (Fsp3) is 0.500. The average Bonchev–Trinajstić information content (AvgIpc) is 2.55. The molecule has 0 saturated carbocycles. The lowest BCUT2D eigenvalue weighted by Gasteiger charge is -2.26. The molecule has 0 bridgehead atoms. The van der Waals surface area contributed by atoms with E-state index in [4.69, 9.17) is 17.0 Å². The molecule has 2 rings (SSSR count).